The highest BCUT2D eigenvalue weighted by Gasteiger charge is 2.14. The number of carboxylic acid groups (broad SMARTS) is 1. The molecular formula is C11H12N4O4S. The lowest BCUT2D eigenvalue weighted by Gasteiger charge is -2.06. The maximum atomic E-state index is 11.9. The fourth-order valence-corrected chi connectivity index (χ4v) is 2.53. The van der Waals surface area contributed by atoms with Crippen molar-refractivity contribution in [3.63, 3.8) is 0 Å². The fourth-order valence-electron chi connectivity index (χ4n) is 1.51. The zero-order chi connectivity index (χ0) is 14.6. The largest absolute Gasteiger partial charge is 0.478 e. The van der Waals surface area contributed by atoms with Crippen molar-refractivity contribution >= 4 is 16.0 Å². The minimum Gasteiger partial charge on any atom is -0.478 e. The van der Waals surface area contributed by atoms with Gasteiger partial charge in [0, 0.05) is 12.7 Å². The topological polar surface area (TPSA) is 114 Å². The number of benzene rings is 1. The number of hydrogen-bond donors (Lipinski definition) is 2. The number of aromatic carboxylic acids is 1. The number of sulfonamides is 1. The molecule has 1 aromatic carbocycles. The second-order valence-electron chi connectivity index (χ2n) is 3.89. The van der Waals surface area contributed by atoms with Crippen molar-refractivity contribution in [3.8, 4) is 0 Å². The van der Waals surface area contributed by atoms with E-state index in [4.69, 9.17) is 5.11 Å². The van der Waals surface area contributed by atoms with Crippen LogP contribution in [0.1, 0.15) is 10.4 Å². The molecule has 0 fully saturated rings. The molecule has 20 heavy (non-hydrogen) atoms. The quantitative estimate of drug-likeness (QED) is 0.772. The highest BCUT2D eigenvalue weighted by molar-refractivity contribution is 7.89. The van der Waals surface area contributed by atoms with Crippen molar-refractivity contribution in [1.82, 2.24) is 19.7 Å². The summed E-state index contributed by atoms with van der Waals surface area (Å²) in [7, 11) is -3.66. The molecule has 0 radical (unpaired) electrons. The molecule has 0 unspecified atom stereocenters. The van der Waals surface area contributed by atoms with Crippen molar-refractivity contribution in [3.05, 3.63) is 42.2 Å². The van der Waals surface area contributed by atoms with Crippen LogP contribution in [0.2, 0.25) is 0 Å². The van der Waals surface area contributed by atoms with Crippen LogP contribution < -0.4 is 4.72 Å². The van der Waals surface area contributed by atoms with E-state index in [1.165, 1.54) is 35.1 Å². The summed E-state index contributed by atoms with van der Waals surface area (Å²) in [6.45, 7) is 0.513. The number of rotatable bonds is 6. The molecule has 1 aromatic heterocycles. The molecule has 0 aliphatic heterocycles. The van der Waals surface area contributed by atoms with Crippen molar-refractivity contribution < 1.29 is 18.3 Å². The van der Waals surface area contributed by atoms with Gasteiger partial charge in [-0.05, 0) is 24.3 Å². The molecular weight excluding hydrogens is 284 g/mol. The summed E-state index contributed by atoms with van der Waals surface area (Å²) in [6.07, 6.45) is 3.12. The van der Waals surface area contributed by atoms with Crippen LogP contribution in [0.15, 0.2) is 41.6 Å². The lowest BCUT2D eigenvalue weighted by Crippen LogP contribution is -2.27. The molecule has 8 nitrogen and oxygen atoms in total. The summed E-state index contributed by atoms with van der Waals surface area (Å²) in [5, 5.41) is 16.1. The molecule has 0 atom stereocenters. The van der Waals surface area contributed by atoms with Crippen LogP contribution in [0.4, 0.5) is 0 Å². The molecule has 0 aliphatic rings. The van der Waals surface area contributed by atoms with E-state index in [0.717, 1.165) is 0 Å². The average molecular weight is 296 g/mol. The number of carboxylic acids is 1. The van der Waals surface area contributed by atoms with Gasteiger partial charge in [0.2, 0.25) is 10.0 Å². The summed E-state index contributed by atoms with van der Waals surface area (Å²) in [4.78, 5) is 10.7. The molecule has 9 heteroatoms. The van der Waals surface area contributed by atoms with E-state index in [0.29, 0.717) is 6.54 Å². The monoisotopic (exact) mass is 296 g/mol. The van der Waals surface area contributed by atoms with Gasteiger partial charge in [-0.25, -0.2) is 17.9 Å². The summed E-state index contributed by atoms with van der Waals surface area (Å²) in [6, 6.07) is 4.99. The van der Waals surface area contributed by atoms with Crippen LogP contribution in [0.5, 0.6) is 0 Å². The summed E-state index contributed by atoms with van der Waals surface area (Å²) >= 11 is 0. The van der Waals surface area contributed by atoms with E-state index >= 15 is 0 Å². The molecule has 2 N–H and O–H groups in total. The maximum Gasteiger partial charge on any atom is 0.335 e. The lowest BCUT2D eigenvalue weighted by atomic mass is 10.2. The number of aromatic nitrogens is 3. The SMILES string of the molecule is O=C(O)c1ccc(S(=O)(=O)NCCn2ccnn2)cc1. The highest BCUT2D eigenvalue weighted by atomic mass is 32.2. The predicted molar refractivity (Wildman–Crippen MR) is 68.6 cm³/mol. The standard InChI is InChI=1S/C11H12N4O4S/c16-11(17)9-1-3-10(4-2-9)20(18,19)13-6-8-15-7-5-12-14-15/h1-5,7,13H,6,8H2,(H,16,17). The third-order valence-electron chi connectivity index (χ3n) is 2.52. The fraction of sp³-hybridized carbons (Fsp3) is 0.182. The normalized spacial score (nSPS) is 11.4. The Kier molecular flexibility index (Phi) is 4.11. The Balaban J connectivity index is 2.00. The zero-order valence-corrected chi connectivity index (χ0v) is 11.1. The third kappa shape index (κ3) is 3.39. The number of nitrogens with one attached hydrogen (secondary N) is 1. The van der Waals surface area contributed by atoms with Gasteiger partial charge in [0.1, 0.15) is 0 Å². The van der Waals surface area contributed by atoms with Crippen LogP contribution in [0, 0.1) is 0 Å². The average Bonchev–Trinajstić information content (AvgIpc) is 2.92. The second kappa shape index (κ2) is 5.80. The summed E-state index contributed by atoms with van der Waals surface area (Å²) in [5.41, 5.74) is 0.0339. The van der Waals surface area contributed by atoms with Crippen LogP contribution in [0.3, 0.4) is 0 Å². The Morgan fingerprint density at radius 2 is 2.00 bits per heavy atom. The Hall–Kier alpha value is -2.26. The van der Waals surface area contributed by atoms with Gasteiger partial charge in [-0.15, -0.1) is 5.10 Å². The molecule has 2 aromatic rings. The number of hydrogen-bond acceptors (Lipinski definition) is 5. The summed E-state index contributed by atoms with van der Waals surface area (Å²) in [5.74, 6) is -1.10. The van der Waals surface area contributed by atoms with Crippen LogP contribution in [-0.4, -0.2) is 41.0 Å². The van der Waals surface area contributed by atoms with Crippen molar-refractivity contribution in [1.29, 1.82) is 0 Å². The van der Waals surface area contributed by atoms with E-state index in [9.17, 15) is 13.2 Å². The molecule has 0 aliphatic carbocycles. The van der Waals surface area contributed by atoms with Gasteiger partial charge in [-0.2, -0.15) is 0 Å². The van der Waals surface area contributed by atoms with Gasteiger partial charge in [-0.3, -0.25) is 4.68 Å². The van der Waals surface area contributed by atoms with Crippen molar-refractivity contribution in [2.75, 3.05) is 6.54 Å². The minimum absolute atomic E-state index is 0.0149. The molecule has 0 saturated carbocycles. The first kappa shape index (κ1) is 14.2. The number of carbonyl (C=O) groups is 1. The molecule has 0 saturated heterocycles. The van der Waals surface area contributed by atoms with Crippen LogP contribution >= 0.6 is 0 Å². The van der Waals surface area contributed by atoms with Crippen molar-refractivity contribution in [2.45, 2.75) is 11.4 Å². The van der Waals surface area contributed by atoms with Gasteiger partial charge < -0.3 is 5.11 Å². The Labute approximate surface area is 115 Å². The van der Waals surface area contributed by atoms with Crippen LogP contribution in [0.25, 0.3) is 0 Å². The molecule has 0 bridgehead atoms. The second-order valence-corrected chi connectivity index (χ2v) is 5.66. The van der Waals surface area contributed by atoms with E-state index in [1.54, 1.807) is 6.20 Å². The van der Waals surface area contributed by atoms with Gasteiger partial charge in [-0.1, -0.05) is 5.21 Å². The first-order valence-corrected chi connectivity index (χ1v) is 7.14. The summed E-state index contributed by atoms with van der Waals surface area (Å²) < 4.78 is 27.8. The number of nitrogens with zero attached hydrogens (tertiary/aromatic N) is 3. The predicted octanol–water partition coefficient (Wildman–Crippen LogP) is -0.0452. The first-order chi connectivity index (χ1) is 9.49. The molecule has 0 spiro atoms. The molecule has 106 valence electrons. The van der Waals surface area contributed by atoms with Gasteiger partial charge in [0.15, 0.2) is 0 Å². The zero-order valence-electron chi connectivity index (χ0n) is 10.3. The van der Waals surface area contributed by atoms with E-state index in [1.807, 2.05) is 0 Å². The van der Waals surface area contributed by atoms with E-state index in [2.05, 4.69) is 15.0 Å². The van der Waals surface area contributed by atoms with E-state index in [-0.39, 0.29) is 17.0 Å². The smallest absolute Gasteiger partial charge is 0.335 e. The third-order valence-corrected chi connectivity index (χ3v) is 3.99. The van der Waals surface area contributed by atoms with E-state index < -0.39 is 16.0 Å². The minimum atomic E-state index is -3.66. The van der Waals surface area contributed by atoms with Gasteiger partial charge >= 0.3 is 5.97 Å². The highest BCUT2D eigenvalue weighted by Crippen LogP contribution is 2.10. The lowest BCUT2D eigenvalue weighted by molar-refractivity contribution is 0.0696. The Morgan fingerprint density at radius 1 is 1.30 bits per heavy atom. The molecule has 0 amide bonds. The van der Waals surface area contributed by atoms with Gasteiger partial charge in [0.25, 0.3) is 0 Å². The molecule has 1 heterocycles. The Bertz CT molecular complexity index is 680. The molecule has 2 rings (SSSR count). The first-order valence-electron chi connectivity index (χ1n) is 5.66. The maximum absolute atomic E-state index is 11.9. The van der Waals surface area contributed by atoms with Crippen LogP contribution in [-0.2, 0) is 16.6 Å². The van der Waals surface area contributed by atoms with Gasteiger partial charge in [0.05, 0.1) is 23.2 Å². The van der Waals surface area contributed by atoms with Crippen molar-refractivity contribution in [2.24, 2.45) is 0 Å². The Morgan fingerprint density at radius 3 is 2.55 bits per heavy atom.